The van der Waals surface area contributed by atoms with Crippen molar-refractivity contribution in [2.24, 2.45) is 0 Å². The largest absolute Gasteiger partial charge is 0.302 e. The van der Waals surface area contributed by atoms with Crippen LogP contribution in [-0.4, -0.2) is 24.5 Å². The predicted molar refractivity (Wildman–Crippen MR) is 54.9 cm³/mol. The molecule has 1 aliphatic rings. The van der Waals surface area contributed by atoms with Gasteiger partial charge in [-0.3, -0.25) is 8.74 Å². The maximum absolute atomic E-state index is 10.4. The Morgan fingerprint density at radius 1 is 1.42 bits per heavy atom. The lowest BCUT2D eigenvalue weighted by Crippen LogP contribution is -2.32. The molecule has 1 saturated carbocycles. The van der Waals surface area contributed by atoms with Crippen LogP contribution < -0.4 is 0 Å². The van der Waals surface area contributed by atoms with Crippen LogP contribution in [0.5, 0.6) is 0 Å². The van der Waals surface area contributed by atoms with Crippen LogP contribution in [0.4, 0.5) is 0 Å². The van der Waals surface area contributed by atoms with Gasteiger partial charge in [-0.05, 0) is 19.3 Å². The molecule has 12 heavy (non-hydrogen) atoms. The third-order valence-electron chi connectivity index (χ3n) is 1.85. The Morgan fingerprint density at radius 3 is 2.58 bits per heavy atom. The first-order valence-electron chi connectivity index (χ1n) is 3.65. The van der Waals surface area contributed by atoms with Gasteiger partial charge in [0.05, 0.1) is 6.10 Å². The van der Waals surface area contributed by atoms with Gasteiger partial charge in [-0.25, -0.2) is 0 Å². The van der Waals surface area contributed by atoms with Gasteiger partial charge in [0.2, 0.25) is 0 Å². The van der Waals surface area contributed by atoms with Gasteiger partial charge in [-0.15, -0.1) is 0 Å². The maximum Gasteiger partial charge on any atom is 0.302 e. The summed E-state index contributed by atoms with van der Waals surface area (Å²) in [6.07, 6.45) is 2.61. The molecule has 0 aromatic heterocycles. The molecule has 1 aliphatic carbocycles. The van der Waals surface area contributed by atoms with Gasteiger partial charge in [0.25, 0.3) is 0 Å². The van der Waals surface area contributed by atoms with E-state index in [1.54, 1.807) is 0 Å². The molecule has 0 aromatic rings. The van der Waals surface area contributed by atoms with Gasteiger partial charge >= 0.3 is 11.4 Å². The quantitative estimate of drug-likeness (QED) is 0.626. The highest BCUT2D eigenvalue weighted by Crippen LogP contribution is 2.31. The van der Waals surface area contributed by atoms with E-state index in [1.807, 2.05) is 0 Å². The third-order valence-corrected chi connectivity index (χ3v) is 4.06. The standard InChI is InChI=1S/C6H10Br2O3S/c7-4-1-2-6(5(8)3-4)11-12(9)10/h4-6H,1-3H2,(H,9,10). The molecule has 1 fully saturated rings. The fourth-order valence-corrected chi connectivity index (χ4v) is 3.83. The zero-order valence-electron chi connectivity index (χ0n) is 6.28. The number of hydrogen-bond acceptors (Lipinski definition) is 2. The van der Waals surface area contributed by atoms with Gasteiger partial charge in [0, 0.05) is 9.65 Å². The second kappa shape index (κ2) is 5.05. The van der Waals surface area contributed by atoms with Crippen molar-refractivity contribution in [2.75, 3.05) is 0 Å². The van der Waals surface area contributed by atoms with Gasteiger partial charge in [0.15, 0.2) is 0 Å². The Morgan fingerprint density at radius 2 is 2.08 bits per heavy atom. The average Bonchev–Trinajstić information content (AvgIpc) is 1.94. The lowest BCUT2D eigenvalue weighted by atomic mass is 9.98. The summed E-state index contributed by atoms with van der Waals surface area (Å²) in [4.78, 5) is 0.667. The van der Waals surface area contributed by atoms with E-state index >= 15 is 0 Å². The minimum atomic E-state index is -2.14. The summed E-state index contributed by atoms with van der Waals surface area (Å²) in [5, 5.41) is 0. The van der Waals surface area contributed by atoms with E-state index in [0.717, 1.165) is 19.3 Å². The SMILES string of the molecule is O=S(O)OC1CCC(Br)CC1Br. The Labute approximate surface area is 91.0 Å². The van der Waals surface area contributed by atoms with Gasteiger partial charge < -0.3 is 0 Å². The van der Waals surface area contributed by atoms with E-state index < -0.39 is 11.4 Å². The molecule has 0 radical (unpaired) electrons. The number of hydrogen-bond donors (Lipinski definition) is 1. The molecule has 0 aliphatic heterocycles. The van der Waals surface area contributed by atoms with Gasteiger partial charge in [-0.2, -0.15) is 4.21 Å². The molecule has 0 amide bonds. The Kier molecular flexibility index (Phi) is 4.67. The van der Waals surface area contributed by atoms with E-state index in [-0.39, 0.29) is 10.9 Å². The van der Waals surface area contributed by atoms with E-state index in [4.69, 9.17) is 8.74 Å². The highest BCUT2D eigenvalue weighted by molar-refractivity contribution is 9.10. The smallest absolute Gasteiger partial charge is 0.284 e. The van der Waals surface area contributed by atoms with Crippen molar-refractivity contribution < 1.29 is 12.9 Å². The van der Waals surface area contributed by atoms with Crippen molar-refractivity contribution in [3.05, 3.63) is 0 Å². The molecular formula is C6H10Br2O3S. The second-order valence-corrected chi connectivity index (χ2v) is 5.88. The molecule has 72 valence electrons. The number of rotatable bonds is 2. The van der Waals surface area contributed by atoms with Crippen LogP contribution in [0.2, 0.25) is 0 Å². The lowest BCUT2D eigenvalue weighted by molar-refractivity contribution is 0.170. The Bertz CT molecular complexity index is 178. The highest BCUT2D eigenvalue weighted by atomic mass is 79.9. The minimum absolute atomic E-state index is 0.135. The Balaban J connectivity index is 2.39. The van der Waals surface area contributed by atoms with Crippen LogP contribution in [0.25, 0.3) is 0 Å². The zero-order chi connectivity index (χ0) is 9.14. The Hall–Kier alpha value is 1.03. The predicted octanol–water partition coefficient (Wildman–Crippen LogP) is 2.22. The van der Waals surface area contributed by atoms with Crippen LogP contribution in [0, 0.1) is 0 Å². The minimum Gasteiger partial charge on any atom is -0.284 e. The summed E-state index contributed by atoms with van der Waals surface area (Å²) in [6, 6.07) is 0. The molecule has 1 rings (SSSR count). The van der Waals surface area contributed by atoms with Crippen LogP contribution >= 0.6 is 31.9 Å². The monoisotopic (exact) mass is 320 g/mol. The fraction of sp³-hybridized carbons (Fsp3) is 1.00. The molecule has 0 aromatic carbocycles. The third kappa shape index (κ3) is 3.41. The molecule has 0 saturated heterocycles. The lowest BCUT2D eigenvalue weighted by Gasteiger charge is -2.28. The zero-order valence-corrected chi connectivity index (χ0v) is 10.3. The second-order valence-electron chi connectivity index (χ2n) is 2.78. The first-order chi connectivity index (χ1) is 5.59. The molecule has 0 bridgehead atoms. The summed E-state index contributed by atoms with van der Waals surface area (Å²) in [5.74, 6) is 0. The normalized spacial score (nSPS) is 39.4. The maximum atomic E-state index is 10.4. The van der Waals surface area contributed by atoms with Crippen molar-refractivity contribution >= 4 is 43.2 Å². The van der Waals surface area contributed by atoms with Gasteiger partial charge in [0.1, 0.15) is 0 Å². The number of halogens is 2. The molecule has 0 spiro atoms. The van der Waals surface area contributed by atoms with Crippen molar-refractivity contribution in [1.29, 1.82) is 0 Å². The van der Waals surface area contributed by atoms with Gasteiger partial charge in [-0.1, -0.05) is 31.9 Å². The molecule has 6 heteroatoms. The first-order valence-corrected chi connectivity index (χ1v) is 6.52. The molecule has 4 atom stereocenters. The first kappa shape index (κ1) is 11.1. The average molecular weight is 322 g/mol. The summed E-state index contributed by atoms with van der Waals surface area (Å²) in [5.41, 5.74) is 0. The summed E-state index contributed by atoms with van der Waals surface area (Å²) in [7, 11) is 0. The van der Waals surface area contributed by atoms with Crippen LogP contribution in [-0.2, 0) is 15.5 Å². The van der Waals surface area contributed by atoms with Crippen LogP contribution in [0.1, 0.15) is 19.3 Å². The highest BCUT2D eigenvalue weighted by Gasteiger charge is 2.29. The summed E-state index contributed by atoms with van der Waals surface area (Å²) in [6.45, 7) is 0. The molecular weight excluding hydrogens is 312 g/mol. The van der Waals surface area contributed by atoms with E-state index in [0.29, 0.717) is 4.83 Å². The topological polar surface area (TPSA) is 46.5 Å². The van der Waals surface area contributed by atoms with E-state index in [1.165, 1.54) is 0 Å². The van der Waals surface area contributed by atoms with Crippen molar-refractivity contribution in [3.8, 4) is 0 Å². The molecule has 3 nitrogen and oxygen atoms in total. The number of alkyl halides is 2. The molecule has 0 heterocycles. The van der Waals surface area contributed by atoms with Crippen molar-refractivity contribution in [2.45, 2.75) is 35.0 Å². The van der Waals surface area contributed by atoms with Crippen molar-refractivity contribution in [3.63, 3.8) is 0 Å². The summed E-state index contributed by atoms with van der Waals surface area (Å²) < 4.78 is 23.7. The molecule has 4 unspecified atom stereocenters. The van der Waals surface area contributed by atoms with E-state index in [2.05, 4.69) is 31.9 Å². The van der Waals surface area contributed by atoms with Crippen LogP contribution in [0.3, 0.4) is 0 Å². The summed E-state index contributed by atoms with van der Waals surface area (Å²) >= 11 is 4.78. The fourth-order valence-electron chi connectivity index (χ4n) is 1.25. The molecule has 1 N–H and O–H groups in total. The van der Waals surface area contributed by atoms with E-state index in [9.17, 15) is 4.21 Å². The van der Waals surface area contributed by atoms with Crippen LogP contribution in [0.15, 0.2) is 0 Å². The van der Waals surface area contributed by atoms with Crippen molar-refractivity contribution in [1.82, 2.24) is 0 Å².